The minimum atomic E-state index is -0.0222. The van der Waals surface area contributed by atoms with Crippen LogP contribution in [0.2, 0.25) is 0 Å². The molecule has 2 aliphatic rings. The molecule has 0 fully saturated rings. The zero-order chi connectivity index (χ0) is 29.2. The van der Waals surface area contributed by atoms with Gasteiger partial charge in [-0.05, 0) is 96.7 Å². The number of fused-ring (bicyclic) bond motifs is 6. The minimum absolute atomic E-state index is 0.0222. The van der Waals surface area contributed by atoms with E-state index in [0.29, 0.717) is 0 Å². The Morgan fingerprint density at radius 1 is 0.409 bits per heavy atom. The van der Waals surface area contributed by atoms with E-state index in [4.69, 9.17) is 0 Å². The van der Waals surface area contributed by atoms with Crippen LogP contribution in [0.15, 0.2) is 140 Å². The van der Waals surface area contributed by atoms with E-state index < -0.39 is 0 Å². The van der Waals surface area contributed by atoms with E-state index >= 15 is 0 Å². The van der Waals surface area contributed by atoms with Crippen molar-refractivity contribution in [2.75, 3.05) is 0 Å². The SMILES string of the molecule is CC1(C)c2ccccc2-c2ccc(-c3cccc(-n4c5cccc6c5c5c7c(cccc7ccc54)-c4ccccc4-6)c3)cc21. The van der Waals surface area contributed by atoms with Gasteiger partial charge >= 0.3 is 0 Å². The largest absolute Gasteiger partial charge is 0.309 e. The highest BCUT2D eigenvalue weighted by atomic mass is 15.0. The summed E-state index contributed by atoms with van der Waals surface area (Å²) in [6, 6.07) is 52.1. The van der Waals surface area contributed by atoms with Gasteiger partial charge in [0.15, 0.2) is 0 Å². The highest BCUT2D eigenvalue weighted by Gasteiger charge is 2.35. The number of hydrogen-bond donors (Lipinski definition) is 0. The summed E-state index contributed by atoms with van der Waals surface area (Å²) in [6.07, 6.45) is 0. The molecule has 1 heterocycles. The third-order valence-corrected chi connectivity index (χ3v) is 10.3. The molecule has 0 aliphatic heterocycles. The maximum atomic E-state index is 2.48. The summed E-state index contributed by atoms with van der Waals surface area (Å²) in [5.41, 5.74) is 16.9. The molecule has 0 amide bonds. The Morgan fingerprint density at radius 2 is 1.05 bits per heavy atom. The average molecular weight is 560 g/mol. The Bertz CT molecular complexity index is 2520. The van der Waals surface area contributed by atoms with Crippen molar-refractivity contribution in [1.82, 2.24) is 4.57 Å². The molecule has 44 heavy (non-hydrogen) atoms. The Hall–Kier alpha value is -5.40. The van der Waals surface area contributed by atoms with Crippen LogP contribution in [0.25, 0.3) is 82.8 Å². The molecule has 1 nitrogen and oxygen atoms in total. The maximum absolute atomic E-state index is 2.48. The summed E-state index contributed by atoms with van der Waals surface area (Å²) in [5.74, 6) is 0. The van der Waals surface area contributed by atoms with Crippen molar-refractivity contribution in [2.45, 2.75) is 19.3 Å². The van der Waals surface area contributed by atoms with E-state index in [2.05, 4.69) is 158 Å². The Morgan fingerprint density at radius 3 is 1.89 bits per heavy atom. The topological polar surface area (TPSA) is 4.93 Å². The summed E-state index contributed by atoms with van der Waals surface area (Å²) in [6.45, 7) is 4.71. The molecule has 206 valence electrons. The fourth-order valence-corrected chi connectivity index (χ4v) is 8.31. The van der Waals surface area contributed by atoms with Crippen LogP contribution in [0.4, 0.5) is 0 Å². The lowest BCUT2D eigenvalue weighted by atomic mass is 9.81. The molecule has 1 heteroatoms. The van der Waals surface area contributed by atoms with Crippen molar-refractivity contribution in [1.29, 1.82) is 0 Å². The molecule has 0 N–H and O–H groups in total. The fraction of sp³-hybridized carbons (Fsp3) is 0.0698. The van der Waals surface area contributed by atoms with E-state index in [-0.39, 0.29) is 5.41 Å². The lowest BCUT2D eigenvalue weighted by Gasteiger charge is -2.22. The first-order valence-electron chi connectivity index (χ1n) is 15.5. The number of benzene rings is 7. The zero-order valence-electron chi connectivity index (χ0n) is 24.7. The van der Waals surface area contributed by atoms with Crippen LogP contribution in [0.5, 0.6) is 0 Å². The van der Waals surface area contributed by atoms with Gasteiger partial charge in [0.1, 0.15) is 0 Å². The molecule has 0 bridgehead atoms. The first-order chi connectivity index (χ1) is 21.6. The van der Waals surface area contributed by atoms with Crippen molar-refractivity contribution in [3.05, 3.63) is 151 Å². The minimum Gasteiger partial charge on any atom is -0.309 e. The smallest absolute Gasteiger partial charge is 0.0548 e. The van der Waals surface area contributed by atoms with Gasteiger partial charge in [-0.1, -0.05) is 123 Å². The Labute approximate surface area is 256 Å². The quantitative estimate of drug-likeness (QED) is 0.198. The molecule has 8 aromatic rings. The van der Waals surface area contributed by atoms with Crippen molar-refractivity contribution in [3.63, 3.8) is 0 Å². The fourth-order valence-electron chi connectivity index (χ4n) is 8.31. The number of nitrogens with zero attached hydrogens (tertiary/aromatic N) is 1. The molecule has 0 atom stereocenters. The van der Waals surface area contributed by atoms with E-state index in [1.165, 1.54) is 93.9 Å². The van der Waals surface area contributed by atoms with Crippen molar-refractivity contribution in [3.8, 4) is 50.2 Å². The Kier molecular flexibility index (Phi) is 4.58. The second-order valence-corrected chi connectivity index (χ2v) is 12.9. The van der Waals surface area contributed by atoms with Crippen LogP contribution in [-0.4, -0.2) is 4.57 Å². The number of aromatic nitrogens is 1. The predicted octanol–water partition coefficient (Wildman–Crippen LogP) is 11.6. The van der Waals surface area contributed by atoms with Gasteiger partial charge in [0.05, 0.1) is 11.0 Å². The predicted molar refractivity (Wildman–Crippen MR) is 186 cm³/mol. The van der Waals surface area contributed by atoms with Crippen molar-refractivity contribution >= 4 is 32.6 Å². The highest BCUT2D eigenvalue weighted by molar-refractivity contribution is 6.30. The molecule has 2 aliphatic carbocycles. The average Bonchev–Trinajstić information content (AvgIpc) is 3.48. The summed E-state index contributed by atoms with van der Waals surface area (Å²) in [5, 5.41) is 5.33. The normalized spacial score (nSPS) is 13.9. The monoisotopic (exact) mass is 559 g/mol. The third kappa shape index (κ3) is 2.99. The molecule has 0 saturated carbocycles. The second kappa shape index (κ2) is 8.36. The molecular weight excluding hydrogens is 530 g/mol. The summed E-state index contributed by atoms with van der Waals surface area (Å²) < 4.78 is 2.48. The van der Waals surface area contributed by atoms with Gasteiger partial charge < -0.3 is 4.57 Å². The van der Waals surface area contributed by atoms with E-state index in [0.717, 1.165) is 0 Å². The van der Waals surface area contributed by atoms with E-state index in [1.54, 1.807) is 0 Å². The van der Waals surface area contributed by atoms with Crippen molar-refractivity contribution in [2.24, 2.45) is 0 Å². The third-order valence-electron chi connectivity index (χ3n) is 10.3. The highest BCUT2D eigenvalue weighted by Crippen LogP contribution is 2.51. The molecule has 7 aromatic carbocycles. The molecular formula is C43H29N. The van der Waals surface area contributed by atoms with Crippen LogP contribution in [0.1, 0.15) is 25.0 Å². The number of rotatable bonds is 2. The molecule has 10 rings (SSSR count). The second-order valence-electron chi connectivity index (χ2n) is 12.9. The van der Waals surface area contributed by atoms with Crippen LogP contribution >= 0.6 is 0 Å². The van der Waals surface area contributed by atoms with Gasteiger partial charge in [-0.25, -0.2) is 0 Å². The van der Waals surface area contributed by atoms with E-state index in [9.17, 15) is 0 Å². The van der Waals surface area contributed by atoms with Crippen LogP contribution < -0.4 is 0 Å². The first kappa shape index (κ1) is 24.1. The van der Waals surface area contributed by atoms with Crippen molar-refractivity contribution < 1.29 is 0 Å². The van der Waals surface area contributed by atoms with E-state index in [1.807, 2.05) is 0 Å². The Balaban J connectivity index is 1.23. The maximum Gasteiger partial charge on any atom is 0.0548 e. The van der Waals surface area contributed by atoms with Crippen LogP contribution in [0, 0.1) is 0 Å². The summed E-state index contributed by atoms with van der Waals surface area (Å²) in [7, 11) is 0. The van der Waals surface area contributed by atoms with Crippen LogP contribution in [0.3, 0.4) is 0 Å². The van der Waals surface area contributed by atoms with Crippen LogP contribution in [-0.2, 0) is 5.41 Å². The van der Waals surface area contributed by atoms with Gasteiger partial charge in [-0.2, -0.15) is 0 Å². The van der Waals surface area contributed by atoms with Gasteiger partial charge in [-0.15, -0.1) is 0 Å². The van der Waals surface area contributed by atoms with Gasteiger partial charge in [0, 0.05) is 21.9 Å². The first-order valence-corrected chi connectivity index (χ1v) is 15.5. The molecule has 1 aromatic heterocycles. The summed E-state index contributed by atoms with van der Waals surface area (Å²) in [4.78, 5) is 0. The van der Waals surface area contributed by atoms with Gasteiger partial charge in [-0.3, -0.25) is 0 Å². The zero-order valence-corrected chi connectivity index (χ0v) is 24.7. The lowest BCUT2D eigenvalue weighted by Crippen LogP contribution is -2.14. The number of hydrogen-bond acceptors (Lipinski definition) is 0. The van der Waals surface area contributed by atoms with Gasteiger partial charge in [0.25, 0.3) is 0 Å². The standard InChI is InChI=1S/C43H29N/c1-43(2)36-18-6-5-15-32(36)33-22-20-28(25-37(33)43)27-11-7-12-29(24-27)44-38-19-9-17-35-31-14-4-3-13-30(31)34-16-8-10-26-21-23-39(44)42(40(26)34)41(35)38/h3-25H,1-2H3. The lowest BCUT2D eigenvalue weighted by molar-refractivity contribution is 0.660. The summed E-state index contributed by atoms with van der Waals surface area (Å²) >= 11 is 0. The molecule has 0 saturated heterocycles. The van der Waals surface area contributed by atoms with Gasteiger partial charge in [0.2, 0.25) is 0 Å². The molecule has 0 spiro atoms. The molecule has 0 radical (unpaired) electrons. The molecule has 0 unspecified atom stereocenters.